The molecule has 0 aromatic carbocycles. The molecular weight excluding hydrogens is 226 g/mol. The molecule has 1 saturated carbocycles. The molecule has 1 aliphatic carbocycles. The number of rotatable bonds is 2. The molecule has 1 aliphatic heterocycles. The summed E-state index contributed by atoms with van der Waals surface area (Å²) in [7, 11) is 0. The Labute approximate surface area is 108 Å². The van der Waals surface area contributed by atoms with Crippen LogP contribution in [-0.2, 0) is 0 Å². The van der Waals surface area contributed by atoms with E-state index in [1.165, 1.54) is 32.1 Å². The van der Waals surface area contributed by atoms with Gasteiger partial charge in [-0.25, -0.2) is 0 Å². The Morgan fingerprint density at radius 2 is 1.89 bits per heavy atom. The predicted octanol–water partition coefficient (Wildman–Crippen LogP) is 2.69. The fraction of sp³-hybridized carbons (Fsp3) is 0.714. The van der Waals surface area contributed by atoms with Crippen LogP contribution in [0.4, 0.5) is 0 Å². The number of aromatic nitrogens is 2. The highest BCUT2D eigenvalue weighted by atomic mass is 16.2. The number of aromatic amines is 1. The van der Waals surface area contributed by atoms with Crippen LogP contribution in [0.15, 0.2) is 6.07 Å². The number of hydrogen-bond acceptors (Lipinski definition) is 2. The van der Waals surface area contributed by atoms with E-state index in [2.05, 4.69) is 10.2 Å². The molecule has 2 fully saturated rings. The highest BCUT2D eigenvalue weighted by molar-refractivity contribution is 5.92. The molecule has 0 radical (unpaired) electrons. The number of nitrogens with zero attached hydrogens (tertiary/aromatic N) is 2. The molecule has 1 N–H and O–H groups in total. The lowest BCUT2D eigenvalue weighted by Gasteiger charge is -2.19. The first-order chi connectivity index (χ1) is 8.84. The van der Waals surface area contributed by atoms with E-state index in [1.807, 2.05) is 11.0 Å². The fourth-order valence-electron chi connectivity index (χ4n) is 3.15. The SMILES string of the molecule is O=C(c1cc(C2CCCCC2)[nH]n1)N1CCCC1. The van der Waals surface area contributed by atoms with Crippen molar-refractivity contribution >= 4 is 5.91 Å². The van der Waals surface area contributed by atoms with Crippen molar-refractivity contribution in [1.29, 1.82) is 0 Å². The largest absolute Gasteiger partial charge is 0.337 e. The highest BCUT2D eigenvalue weighted by Gasteiger charge is 2.24. The average molecular weight is 247 g/mol. The van der Waals surface area contributed by atoms with Crippen LogP contribution in [0.3, 0.4) is 0 Å². The summed E-state index contributed by atoms with van der Waals surface area (Å²) < 4.78 is 0. The van der Waals surface area contributed by atoms with Gasteiger partial charge in [0.1, 0.15) is 5.69 Å². The first-order valence-electron chi connectivity index (χ1n) is 7.19. The summed E-state index contributed by atoms with van der Waals surface area (Å²) in [6.07, 6.45) is 8.69. The molecule has 4 nitrogen and oxygen atoms in total. The van der Waals surface area contributed by atoms with Crippen LogP contribution in [0.5, 0.6) is 0 Å². The van der Waals surface area contributed by atoms with E-state index in [4.69, 9.17) is 0 Å². The number of carbonyl (C=O) groups excluding carboxylic acids is 1. The van der Waals surface area contributed by atoms with Gasteiger partial charge < -0.3 is 4.90 Å². The third-order valence-corrected chi connectivity index (χ3v) is 4.26. The molecule has 1 aromatic heterocycles. The van der Waals surface area contributed by atoms with Crippen LogP contribution < -0.4 is 0 Å². The van der Waals surface area contributed by atoms with Gasteiger partial charge in [-0.2, -0.15) is 5.10 Å². The minimum absolute atomic E-state index is 0.103. The summed E-state index contributed by atoms with van der Waals surface area (Å²) >= 11 is 0. The topological polar surface area (TPSA) is 49.0 Å². The molecule has 2 heterocycles. The first-order valence-corrected chi connectivity index (χ1v) is 7.19. The molecule has 2 aliphatic rings. The standard InChI is InChI=1S/C14H21N3O/c18-14(17-8-4-5-9-17)13-10-12(15-16-13)11-6-2-1-3-7-11/h10-11H,1-9H2,(H,15,16). The van der Waals surface area contributed by atoms with Gasteiger partial charge in [0.15, 0.2) is 0 Å². The van der Waals surface area contributed by atoms with Crippen molar-refractivity contribution in [2.75, 3.05) is 13.1 Å². The number of nitrogens with one attached hydrogen (secondary N) is 1. The van der Waals surface area contributed by atoms with Gasteiger partial charge in [-0.15, -0.1) is 0 Å². The van der Waals surface area contributed by atoms with Gasteiger partial charge in [-0.05, 0) is 31.7 Å². The van der Waals surface area contributed by atoms with Gasteiger partial charge in [0.2, 0.25) is 0 Å². The zero-order valence-corrected chi connectivity index (χ0v) is 10.8. The summed E-state index contributed by atoms with van der Waals surface area (Å²) in [6, 6.07) is 1.98. The molecular formula is C14H21N3O. The molecule has 1 aromatic rings. The molecule has 1 amide bonds. The van der Waals surface area contributed by atoms with Crippen LogP contribution in [0, 0.1) is 0 Å². The maximum absolute atomic E-state index is 12.2. The summed E-state index contributed by atoms with van der Waals surface area (Å²) in [5.74, 6) is 0.692. The Morgan fingerprint density at radius 1 is 1.17 bits per heavy atom. The molecule has 1 saturated heterocycles. The lowest BCUT2D eigenvalue weighted by molar-refractivity contribution is 0.0787. The van der Waals surface area contributed by atoms with Gasteiger partial charge in [0.25, 0.3) is 5.91 Å². The van der Waals surface area contributed by atoms with E-state index in [9.17, 15) is 4.79 Å². The lowest BCUT2D eigenvalue weighted by atomic mass is 9.87. The summed E-state index contributed by atoms with van der Waals surface area (Å²) in [4.78, 5) is 14.1. The molecule has 0 bridgehead atoms. The Balaban J connectivity index is 1.70. The van der Waals surface area contributed by atoms with Crippen LogP contribution in [0.2, 0.25) is 0 Å². The van der Waals surface area contributed by atoms with Crippen molar-refractivity contribution in [2.45, 2.75) is 50.9 Å². The Hall–Kier alpha value is -1.32. The molecule has 0 unspecified atom stereocenters. The molecule has 3 rings (SSSR count). The van der Waals surface area contributed by atoms with Crippen LogP contribution >= 0.6 is 0 Å². The third kappa shape index (κ3) is 2.28. The van der Waals surface area contributed by atoms with E-state index in [-0.39, 0.29) is 5.91 Å². The average Bonchev–Trinajstić information content (AvgIpc) is 3.10. The van der Waals surface area contributed by atoms with Crippen molar-refractivity contribution in [3.63, 3.8) is 0 Å². The summed E-state index contributed by atoms with van der Waals surface area (Å²) in [5, 5.41) is 7.30. The monoisotopic (exact) mass is 247 g/mol. The van der Waals surface area contributed by atoms with Crippen molar-refractivity contribution < 1.29 is 4.79 Å². The summed E-state index contributed by atoms with van der Waals surface area (Å²) in [5.41, 5.74) is 1.77. The van der Waals surface area contributed by atoms with Crippen molar-refractivity contribution in [3.8, 4) is 0 Å². The van der Waals surface area contributed by atoms with Gasteiger partial charge in [-0.3, -0.25) is 9.89 Å². The smallest absolute Gasteiger partial charge is 0.274 e. The Bertz CT molecular complexity index is 414. The molecule has 0 spiro atoms. The van der Waals surface area contributed by atoms with Crippen LogP contribution in [0.1, 0.15) is 67.0 Å². The second-order valence-corrected chi connectivity index (χ2v) is 5.54. The van der Waals surface area contributed by atoms with Crippen LogP contribution in [0.25, 0.3) is 0 Å². The van der Waals surface area contributed by atoms with Gasteiger partial charge in [0, 0.05) is 24.7 Å². The third-order valence-electron chi connectivity index (χ3n) is 4.26. The Morgan fingerprint density at radius 3 is 2.61 bits per heavy atom. The molecule has 98 valence electrons. The van der Waals surface area contributed by atoms with E-state index in [0.717, 1.165) is 31.6 Å². The number of hydrogen-bond donors (Lipinski definition) is 1. The normalized spacial score (nSPS) is 21.4. The number of amides is 1. The van der Waals surface area contributed by atoms with Crippen LogP contribution in [-0.4, -0.2) is 34.1 Å². The summed E-state index contributed by atoms with van der Waals surface area (Å²) in [6.45, 7) is 1.79. The predicted molar refractivity (Wildman–Crippen MR) is 69.6 cm³/mol. The van der Waals surface area contributed by atoms with Crippen molar-refractivity contribution in [3.05, 3.63) is 17.5 Å². The van der Waals surface area contributed by atoms with Gasteiger partial charge in [0.05, 0.1) is 0 Å². The zero-order valence-electron chi connectivity index (χ0n) is 10.8. The second-order valence-electron chi connectivity index (χ2n) is 5.54. The van der Waals surface area contributed by atoms with E-state index >= 15 is 0 Å². The minimum atomic E-state index is 0.103. The van der Waals surface area contributed by atoms with E-state index in [0.29, 0.717) is 11.6 Å². The number of H-pyrrole nitrogens is 1. The van der Waals surface area contributed by atoms with Crippen molar-refractivity contribution in [2.24, 2.45) is 0 Å². The van der Waals surface area contributed by atoms with Crippen molar-refractivity contribution in [1.82, 2.24) is 15.1 Å². The highest BCUT2D eigenvalue weighted by Crippen LogP contribution is 2.31. The second kappa shape index (κ2) is 5.12. The maximum Gasteiger partial charge on any atom is 0.274 e. The lowest BCUT2D eigenvalue weighted by Crippen LogP contribution is -2.27. The molecule has 18 heavy (non-hydrogen) atoms. The number of likely N-dealkylation sites (tertiary alicyclic amines) is 1. The minimum Gasteiger partial charge on any atom is -0.337 e. The maximum atomic E-state index is 12.2. The van der Waals surface area contributed by atoms with E-state index in [1.54, 1.807) is 0 Å². The van der Waals surface area contributed by atoms with Gasteiger partial charge >= 0.3 is 0 Å². The zero-order chi connectivity index (χ0) is 12.4. The quantitative estimate of drug-likeness (QED) is 0.873. The first kappa shape index (κ1) is 11.8. The van der Waals surface area contributed by atoms with Gasteiger partial charge in [-0.1, -0.05) is 19.3 Å². The van der Waals surface area contributed by atoms with E-state index < -0.39 is 0 Å². The molecule has 4 heteroatoms. The fourth-order valence-corrected chi connectivity index (χ4v) is 3.15. The molecule has 0 atom stereocenters. The Kier molecular flexibility index (Phi) is 3.35. The number of carbonyl (C=O) groups is 1.